The minimum absolute atomic E-state index is 0.111. The number of rotatable bonds is 60. The summed E-state index contributed by atoms with van der Waals surface area (Å²) < 4.78 is 16.8. The fourth-order valence-corrected chi connectivity index (χ4v) is 9.02. The second-order valence-electron chi connectivity index (χ2n) is 22.0. The second kappa shape index (κ2) is 69.5. The zero-order chi connectivity index (χ0) is 59.9. The number of esters is 3. The van der Waals surface area contributed by atoms with E-state index >= 15 is 0 Å². The SMILES string of the molecule is CC/C=C\C/C=C\C/C=C\C/C=C\C/C=C\C/C=C\CCCCC(=O)OC(COC(=O)C/C=C\C/C=C\C/C=C\C/C=C\C/C=C\CC)COC(=O)CCCCCCCCCCCCCCCCCCC/C=C\C/C=C\CCCCCCC. The molecular weight excluding hydrogens is 1020 g/mol. The first-order valence-electron chi connectivity index (χ1n) is 34.0. The van der Waals surface area contributed by atoms with Gasteiger partial charge in [-0.15, -0.1) is 0 Å². The van der Waals surface area contributed by atoms with Crippen molar-refractivity contribution in [1.29, 1.82) is 0 Å². The molecule has 0 aromatic carbocycles. The van der Waals surface area contributed by atoms with Gasteiger partial charge in [0.2, 0.25) is 0 Å². The third-order valence-corrected chi connectivity index (χ3v) is 14.0. The maximum atomic E-state index is 12.9. The van der Waals surface area contributed by atoms with Gasteiger partial charge in [-0.1, -0.05) is 301 Å². The van der Waals surface area contributed by atoms with Gasteiger partial charge in [0.25, 0.3) is 0 Å². The fourth-order valence-electron chi connectivity index (χ4n) is 9.02. The zero-order valence-corrected chi connectivity index (χ0v) is 53.7. The van der Waals surface area contributed by atoms with Crippen molar-refractivity contribution in [2.24, 2.45) is 0 Å². The summed E-state index contributed by atoms with van der Waals surface area (Å²) in [6.07, 6.45) is 102. The highest BCUT2D eigenvalue weighted by molar-refractivity contribution is 5.72. The summed E-state index contributed by atoms with van der Waals surface area (Å²) in [7, 11) is 0. The summed E-state index contributed by atoms with van der Waals surface area (Å²) in [4.78, 5) is 38.3. The molecule has 83 heavy (non-hydrogen) atoms. The molecule has 0 heterocycles. The van der Waals surface area contributed by atoms with Gasteiger partial charge in [-0.3, -0.25) is 14.4 Å². The van der Waals surface area contributed by atoms with E-state index in [9.17, 15) is 14.4 Å². The monoisotopic (exact) mass is 1140 g/mol. The largest absolute Gasteiger partial charge is 0.462 e. The molecule has 6 nitrogen and oxygen atoms in total. The molecule has 0 fully saturated rings. The van der Waals surface area contributed by atoms with Gasteiger partial charge >= 0.3 is 17.9 Å². The maximum Gasteiger partial charge on any atom is 0.309 e. The zero-order valence-electron chi connectivity index (χ0n) is 53.7. The topological polar surface area (TPSA) is 78.9 Å². The number of carbonyl (C=O) groups excluding carboxylic acids is 3. The van der Waals surface area contributed by atoms with Crippen LogP contribution in [0.1, 0.15) is 290 Å². The van der Waals surface area contributed by atoms with Crippen molar-refractivity contribution >= 4 is 17.9 Å². The van der Waals surface area contributed by atoms with Gasteiger partial charge in [-0.25, -0.2) is 0 Å². The van der Waals surface area contributed by atoms with Crippen LogP contribution in [0.15, 0.2) is 158 Å². The predicted molar refractivity (Wildman–Crippen MR) is 362 cm³/mol. The van der Waals surface area contributed by atoms with Gasteiger partial charge in [0.15, 0.2) is 6.10 Å². The molecule has 0 radical (unpaired) electrons. The number of hydrogen-bond donors (Lipinski definition) is 0. The molecule has 1 unspecified atom stereocenters. The third kappa shape index (κ3) is 67.7. The molecular formula is C77H124O6. The van der Waals surface area contributed by atoms with Gasteiger partial charge < -0.3 is 14.2 Å². The van der Waals surface area contributed by atoms with E-state index in [2.05, 4.69) is 167 Å². The van der Waals surface area contributed by atoms with E-state index in [1.165, 1.54) is 135 Å². The highest BCUT2D eigenvalue weighted by Gasteiger charge is 2.19. The van der Waals surface area contributed by atoms with Crippen LogP contribution in [0.25, 0.3) is 0 Å². The molecule has 0 saturated heterocycles. The molecule has 0 aliphatic rings. The summed E-state index contributed by atoms with van der Waals surface area (Å²) >= 11 is 0. The maximum absolute atomic E-state index is 12.9. The number of unbranched alkanes of at least 4 members (excludes halogenated alkanes) is 24. The van der Waals surface area contributed by atoms with Crippen LogP contribution in [0.3, 0.4) is 0 Å². The lowest BCUT2D eigenvalue weighted by Crippen LogP contribution is -2.30. The number of hydrogen-bond acceptors (Lipinski definition) is 6. The van der Waals surface area contributed by atoms with E-state index in [1.807, 2.05) is 6.08 Å². The Hall–Kier alpha value is -4.97. The molecule has 0 rings (SSSR count). The van der Waals surface area contributed by atoms with Crippen molar-refractivity contribution < 1.29 is 28.6 Å². The van der Waals surface area contributed by atoms with Crippen LogP contribution in [-0.2, 0) is 28.6 Å². The van der Waals surface area contributed by atoms with Crippen LogP contribution in [0.2, 0.25) is 0 Å². The summed E-state index contributed by atoms with van der Waals surface area (Å²) in [5.41, 5.74) is 0. The van der Waals surface area contributed by atoms with Crippen LogP contribution >= 0.6 is 0 Å². The normalized spacial score (nSPS) is 13.1. The van der Waals surface area contributed by atoms with Crippen molar-refractivity contribution in [1.82, 2.24) is 0 Å². The fraction of sp³-hybridized carbons (Fsp3) is 0.623. The molecule has 0 N–H and O–H groups in total. The molecule has 0 saturated carbocycles. The Morgan fingerprint density at radius 3 is 0.867 bits per heavy atom. The van der Waals surface area contributed by atoms with Gasteiger partial charge in [0.05, 0.1) is 6.42 Å². The third-order valence-electron chi connectivity index (χ3n) is 14.0. The van der Waals surface area contributed by atoms with Gasteiger partial charge in [0.1, 0.15) is 13.2 Å². The van der Waals surface area contributed by atoms with Crippen LogP contribution < -0.4 is 0 Å². The number of carbonyl (C=O) groups is 3. The van der Waals surface area contributed by atoms with E-state index in [0.29, 0.717) is 12.8 Å². The summed E-state index contributed by atoms with van der Waals surface area (Å²) in [5, 5.41) is 0. The van der Waals surface area contributed by atoms with E-state index in [-0.39, 0.29) is 38.0 Å². The van der Waals surface area contributed by atoms with Gasteiger partial charge in [0, 0.05) is 12.8 Å². The van der Waals surface area contributed by atoms with E-state index in [0.717, 1.165) is 109 Å². The quantitative estimate of drug-likeness (QED) is 0.0261. The molecule has 1 atom stereocenters. The lowest BCUT2D eigenvalue weighted by Gasteiger charge is -2.18. The van der Waals surface area contributed by atoms with E-state index in [1.54, 1.807) is 6.08 Å². The Kier molecular flexibility index (Phi) is 65.4. The van der Waals surface area contributed by atoms with E-state index < -0.39 is 12.1 Å². The van der Waals surface area contributed by atoms with Crippen LogP contribution in [0.5, 0.6) is 0 Å². The number of ether oxygens (including phenoxy) is 3. The minimum atomic E-state index is -0.850. The Morgan fingerprint density at radius 1 is 0.265 bits per heavy atom. The Morgan fingerprint density at radius 2 is 0.518 bits per heavy atom. The van der Waals surface area contributed by atoms with Gasteiger partial charge in [-0.05, 0) is 128 Å². The van der Waals surface area contributed by atoms with Crippen molar-refractivity contribution in [2.75, 3.05) is 13.2 Å². The van der Waals surface area contributed by atoms with Gasteiger partial charge in [-0.2, -0.15) is 0 Å². The van der Waals surface area contributed by atoms with Crippen molar-refractivity contribution in [3.05, 3.63) is 158 Å². The number of allylic oxidation sites excluding steroid dienone is 25. The molecule has 0 spiro atoms. The first-order valence-corrected chi connectivity index (χ1v) is 34.0. The Bertz CT molecular complexity index is 1840. The van der Waals surface area contributed by atoms with Crippen molar-refractivity contribution in [3.8, 4) is 0 Å². The summed E-state index contributed by atoms with van der Waals surface area (Å²) in [6, 6.07) is 0. The molecule has 6 heteroatoms. The molecule has 0 aliphatic carbocycles. The molecule has 468 valence electrons. The van der Waals surface area contributed by atoms with E-state index in [4.69, 9.17) is 14.2 Å². The summed E-state index contributed by atoms with van der Waals surface area (Å²) in [6.45, 7) is 6.29. The highest BCUT2D eigenvalue weighted by atomic mass is 16.6. The molecule has 0 amide bonds. The van der Waals surface area contributed by atoms with Crippen molar-refractivity contribution in [2.45, 2.75) is 297 Å². The highest BCUT2D eigenvalue weighted by Crippen LogP contribution is 2.16. The molecule has 0 aliphatic heterocycles. The Labute approximate surface area is 511 Å². The first kappa shape index (κ1) is 78.0. The average molecular weight is 1150 g/mol. The smallest absolute Gasteiger partial charge is 0.309 e. The lowest BCUT2D eigenvalue weighted by molar-refractivity contribution is -0.166. The van der Waals surface area contributed by atoms with Crippen LogP contribution in [0, 0.1) is 0 Å². The van der Waals surface area contributed by atoms with Crippen LogP contribution in [-0.4, -0.2) is 37.2 Å². The first-order chi connectivity index (χ1) is 41.0. The van der Waals surface area contributed by atoms with Crippen LogP contribution in [0.4, 0.5) is 0 Å². The lowest BCUT2D eigenvalue weighted by atomic mass is 10.0. The Balaban J connectivity index is 4.42. The summed E-state index contributed by atoms with van der Waals surface area (Å²) in [5.74, 6) is -1.11. The second-order valence-corrected chi connectivity index (χ2v) is 22.0. The van der Waals surface area contributed by atoms with Crippen molar-refractivity contribution in [3.63, 3.8) is 0 Å². The predicted octanol–water partition coefficient (Wildman–Crippen LogP) is 23.7. The minimum Gasteiger partial charge on any atom is -0.462 e. The molecule has 0 aromatic rings. The molecule has 0 aromatic heterocycles. The average Bonchev–Trinajstić information content (AvgIpc) is 3.49. The molecule has 0 bridgehead atoms. The standard InChI is InChI=1S/C77H124O6/c1-4-7-10-13-16-19-22-25-28-30-32-34-35-36-37-38-39-40-41-43-44-46-49-52-55-58-61-64-67-70-76(79)82-73-74(72-81-75(78)69-66-63-60-57-54-51-48-27-24-21-18-15-12-9-6-3)83-77(80)71-68-65-62-59-56-53-50-47-45-42-33-31-29-26-23-20-17-14-11-8-5-2/h8-9,11-12,17-18,20-22,25-27,29-30,32-33,42,47-48,50,54,56-57,59,63,66,74H,4-7,10,13-16,19,23-24,28,31,34-41,43-46,49,51-53,55,58,60-62,64-65,67-73H2,1-3H3/b11-8-,12-9-,20-17-,21-18-,25-22-,29-26-,32-30-,42-33-,48-27-,50-47-,57-54-,59-56-,66-63-.